The predicted molar refractivity (Wildman–Crippen MR) is 42.7 cm³/mol. The van der Waals surface area contributed by atoms with Crippen LogP contribution >= 0.6 is 0 Å². The SMILES string of the molecule is O=c1[nH]c(=O)n(/C(F)=C/C(F)(F)F)cc1F. The monoisotopic (exact) mass is 242 g/mol. The topological polar surface area (TPSA) is 54.9 Å². The van der Waals surface area contributed by atoms with Gasteiger partial charge in [-0.1, -0.05) is 0 Å². The molecule has 0 spiro atoms. The minimum Gasteiger partial charge on any atom is -0.271 e. The first-order chi connectivity index (χ1) is 7.20. The smallest absolute Gasteiger partial charge is 0.271 e. The highest BCUT2D eigenvalue weighted by molar-refractivity contribution is 5.36. The fraction of sp³-hybridized carbons (Fsp3) is 0.143. The predicted octanol–water partition coefficient (Wildman–Crippen LogP) is 1.01. The van der Waals surface area contributed by atoms with Crippen LogP contribution < -0.4 is 11.2 Å². The number of H-pyrrole nitrogens is 1. The van der Waals surface area contributed by atoms with Crippen LogP contribution in [0.2, 0.25) is 0 Å². The number of rotatable bonds is 1. The third kappa shape index (κ3) is 2.78. The summed E-state index contributed by atoms with van der Waals surface area (Å²) in [4.78, 5) is 22.6. The van der Waals surface area contributed by atoms with Crippen LogP contribution in [-0.2, 0) is 0 Å². The molecule has 0 atom stereocenters. The van der Waals surface area contributed by atoms with Crippen LogP contribution in [0.4, 0.5) is 22.0 Å². The van der Waals surface area contributed by atoms with Gasteiger partial charge >= 0.3 is 11.9 Å². The third-order valence-electron chi connectivity index (χ3n) is 1.41. The molecule has 0 aliphatic rings. The average Bonchev–Trinajstić information content (AvgIpc) is 2.08. The number of allylic oxidation sites excluding steroid dienone is 1. The van der Waals surface area contributed by atoms with Gasteiger partial charge in [0.2, 0.25) is 11.8 Å². The average molecular weight is 242 g/mol. The van der Waals surface area contributed by atoms with E-state index in [4.69, 9.17) is 0 Å². The van der Waals surface area contributed by atoms with Crippen molar-refractivity contribution < 1.29 is 22.0 Å². The minimum atomic E-state index is -5.00. The lowest BCUT2D eigenvalue weighted by atomic mass is 10.5. The van der Waals surface area contributed by atoms with Gasteiger partial charge < -0.3 is 0 Å². The van der Waals surface area contributed by atoms with Crippen LogP contribution in [0.1, 0.15) is 0 Å². The van der Waals surface area contributed by atoms with E-state index >= 15 is 0 Å². The largest absolute Gasteiger partial charge is 0.414 e. The first-order valence-electron chi connectivity index (χ1n) is 3.67. The molecule has 0 radical (unpaired) electrons. The Morgan fingerprint density at radius 2 is 1.94 bits per heavy atom. The molecule has 0 unspecified atom stereocenters. The van der Waals surface area contributed by atoms with E-state index in [9.17, 15) is 31.5 Å². The molecular weight excluding hydrogens is 239 g/mol. The summed E-state index contributed by atoms with van der Waals surface area (Å²) in [6.45, 7) is 0. The number of alkyl halides is 3. The molecular formula is C7H3F5N2O2. The van der Waals surface area contributed by atoms with Gasteiger partial charge in [0, 0.05) is 0 Å². The van der Waals surface area contributed by atoms with Crippen molar-refractivity contribution in [1.82, 2.24) is 9.55 Å². The van der Waals surface area contributed by atoms with E-state index in [-0.39, 0.29) is 10.8 Å². The first kappa shape index (κ1) is 12.1. The zero-order chi connectivity index (χ0) is 12.5. The third-order valence-corrected chi connectivity index (χ3v) is 1.41. The molecule has 0 saturated carbocycles. The molecule has 1 N–H and O–H groups in total. The quantitative estimate of drug-likeness (QED) is 0.747. The van der Waals surface area contributed by atoms with E-state index in [0.29, 0.717) is 0 Å². The molecule has 0 aliphatic carbocycles. The van der Waals surface area contributed by atoms with Gasteiger partial charge in [0.25, 0.3) is 5.56 Å². The van der Waals surface area contributed by atoms with Gasteiger partial charge in [0.05, 0.1) is 12.3 Å². The van der Waals surface area contributed by atoms with Crippen molar-refractivity contribution in [3.8, 4) is 0 Å². The Morgan fingerprint density at radius 1 is 1.38 bits per heavy atom. The molecule has 88 valence electrons. The Morgan fingerprint density at radius 3 is 2.44 bits per heavy atom. The van der Waals surface area contributed by atoms with E-state index < -0.39 is 35.3 Å². The molecule has 0 aromatic carbocycles. The van der Waals surface area contributed by atoms with Gasteiger partial charge in [-0.05, 0) is 0 Å². The Kier molecular flexibility index (Phi) is 2.97. The highest BCUT2D eigenvalue weighted by Crippen LogP contribution is 2.20. The molecule has 1 aromatic rings. The van der Waals surface area contributed by atoms with Crippen molar-refractivity contribution >= 4 is 5.95 Å². The Hall–Kier alpha value is -1.93. The molecule has 16 heavy (non-hydrogen) atoms. The number of hydrogen-bond donors (Lipinski definition) is 1. The van der Waals surface area contributed by atoms with Crippen molar-refractivity contribution in [3.05, 3.63) is 38.9 Å². The standard InChI is InChI=1S/C7H3F5N2O2/c8-3-2-14(6(16)13-5(3)15)4(9)1-7(10,11)12/h1-2H,(H,13,15,16)/b4-1+. The van der Waals surface area contributed by atoms with Gasteiger partial charge in [0.1, 0.15) is 0 Å². The molecule has 1 rings (SSSR count). The Labute approximate surface area is 83.6 Å². The van der Waals surface area contributed by atoms with Crippen LogP contribution in [-0.4, -0.2) is 15.7 Å². The normalized spacial score (nSPS) is 12.9. The second-order valence-corrected chi connectivity index (χ2v) is 2.61. The summed E-state index contributed by atoms with van der Waals surface area (Å²) >= 11 is 0. The van der Waals surface area contributed by atoms with Crippen molar-refractivity contribution in [2.45, 2.75) is 6.18 Å². The lowest BCUT2D eigenvalue weighted by Gasteiger charge is -2.03. The van der Waals surface area contributed by atoms with E-state index in [1.807, 2.05) is 0 Å². The summed E-state index contributed by atoms with van der Waals surface area (Å²) in [7, 11) is 0. The van der Waals surface area contributed by atoms with Crippen molar-refractivity contribution in [1.29, 1.82) is 0 Å². The van der Waals surface area contributed by atoms with Crippen LogP contribution in [0, 0.1) is 5.82 Å². The molecule has 1 heterocycles. The molecule has 0 aliphatic heterocycles. The van der Waals surface area contributed by atoms with Gasteiger partial charge in [-0.15, -0.1) is 0 Å². The first-order valence-corrected chi connectivity index (χ1v) is 3.67. The fourth-order valence-electron chi connectivity index (χ4n) is 0.811. The molecule has 0 amide bonds. The van der Waals surface area contributed by atoms with E-state index in [2.05, 4.69) is 0 Å². The molecule has 0 bridgehead atoms. The lowest BCUT2D eigenvalue weighted by molar-refractivity contribution is -0.0801. The summed E-state index contributed by atoms with van der Waals surface area (Å²) < 4.78 is 60.2. The second-order valence-electron chi connectivity index (χ2n) is 2.61. The molecule has 0 fully saturated rings. The van der Waals surface area contributed by atoms with Gasteiger partial charge in [-0.2, -0.15) is 22.0 Å². The number of hydrogen-bond acceptors (Lipinski definition) is 2. The highest BCUT2D eigenvalue weighted by Gasteiger charge is 2.26. The van der Waals surface area contributed by atoms with Gasteiger partial charge in [-0.25, -0.2) is 9.36 Å². The van der Waals surface area contributed by atoms with Crippen molar-refractivity contribution in [3.63, 3.8) is 0 Å². The van der Waals surface area contributed by atoms with Gasteiger partial charge in [0.15, 0.2) is 0 Å². The zero-order valence-corrected chi connectivity index (χ0v) is 7.31. The zero-order valence-electron chi connectivity index (χ0n) is 7.31. The molecule has 0 saturated heterocycles. The van der Waals surface area contributed by atoms with Crippen LogP contribution in [0.3, 0.4) is 0 Å². The van der Waals surface area contributed by atoms with Crippen molar-refractivity contribution in [2.75, 3.05) is 0 Å². The van der Waals surface area contributed by atoms with Crippen LogP contribution in [0.15, 0.2) is 21.9 Å². The molecule has 1 aromatic heterocycles. The van der Waals surface area contributed by atoms with E-state index in [1.54, 1.807) is 0 Å². The van der Waals surface area contributed by atoms with Crippen molar-refractivity contribution in [2.24, 2.45) is 0 Å². The molecule has 4 nitrogen and oxygen atoms in total. The maximum absolute atomic E-state index is 12.8. The van der Waals surface area contributed by atoms with Crippen LogP contribution in [0.5, 0.6) is 0 Å². The highest BCUT2D eigenvalue weighted by atomic mass is 19.4. The Balaban J connectivity index is 3.36. The maximum atomic E-state index is 12.8. The Bertz CT molecular complexity index is 539. The summed E-state index contributed by atoms with van der Waals surface area (Å²) in [6.07, 6.45) is -5.82. The maximum Gasteiger partial charge on any atom is 0.414 e. The summed E-state index contributed by atoms with van der Waals surface area (Å²) in [5, 5.41) is 0. The number of aromatic nitrogens is 2. The number of halogens is 5. The summed E-state index contributed by atoms with van der Waals surface area (Å²) in [5.74, 6) is -3.63. The van der Waals surface area contributed by atoms with E-state index in [0.717, 1.165) is 0 Å². The second kappa shape index (κ2) is 3.91. The van der Waals surface area contributed by atoms with Crippen LogP contribution in [0.25, 0.3) is 5.95 Å². The van der Waals surface area contributed by atoms with Gasteiger partial charge in [-0.3, -0.25) is 9.78 Å². The fourth-order valence-corrected chi connectivity index (χ4v) is 0.811. The molecule has 9 heteroatoms. The lowest BCUT2D eigenvalue weighted by Crippen LogP contribution is -2.30. The summed E-state index contributed by atoms with van der Waals surface area (Å²) in [6, 6.07) is 0. The summed E-state index contributed by atoms with van der Waals surface area (Å²) in [5.41, 5.74) is -2.95. The number of nitrogens with one attached hydrogen (secondary N) is 1. The minimum absolute atomic E-state index is 0.0265. The number of nitrogens with zero attached hydrogens (tertiary/aromatic N) is 1. The number of aromatic amines is 1. The van der Waals surface area contributed by atoms with E-state index in [1.165, 1.54) is 4.98 Å².